The number of amides is 3. The fraction of sp³-hybridized carbons (Fsp3) is 0.769. The van der Waals surface area contributed by atoms with E-state index in [0.717, 1.165) is 0 Å². The Balaban J connectivity index is 2.38. The second kappa shape index (κ2) is 7.12. The zero-order valence-corrected chi connectivity index (χ0v) is 12.2. The van der Waals surface area contributed by atoms with Crippen molar-refractivity contribution in [1.82, 2.24) is 15.5 Å². The molecule has 1 rings (SSSR count). The Kier molecular flexibility index (Phi) is 5.79. The van der Waals surface area contributed by atoms with Crippen LogP contribution in [-0.4, -0.2) is 53.6 Å². The molecule has 0 aromatic heterocycles. The molecule has 0 spiro atoms. The van der Waals surface area contributed by atoms with Gasteiger partial charge in [-0.05, 0) is 19.3 Å². The summed E-state index contributed by atoms with van der Waals surface area (Å²) in [5.41, 5.74) is 0. The van der Waals surface area contributed by atoms with E-state index in [1.807, 2.05) is 13.8 Å². The average Bonchev–Trinajstić information content (AvgIpc) is 2.85. The number of rotatable bonds is 5. The minimum absolute atomic E-state index is 0.196. The number of carboxylic acids is 1. The van der Waals surface area contributed by atoms with Crippen LogP contribution in [0.1, 0.15) is 27.2 Å². The van der Waals surface area contributed by atoms with E-state index in [9.17, 15) is 14.4 Å². The molecule has 2 atom stereocenters. The Morgan fingerprint density at radius 2 is 1.95 bits per heavy atom. The largest absolute Gasteiger partial charge is 0.481 e. The molecule has 0 bridgehead atoms. The summed E-state index contributed by atoms with van der Waals surface area (Å²) in [5, 5.41) is 14.2. The summed E-state index contributed by atoms with van der Waals surface area (Å²) in [4.78, 5) is 35.9. The SMILES string of the molecule is CC(C)CNC(=O)C(C)NC(=O)N1CCC(C(=O)O)C1. The van der Waals surface area contributed by atoms with Gasteiger partial charge in [0.15, 0.2) is 0 Å². The Morgan fingerprint density at radius 3 is 2.45 bits per heavy atom. The molecule has 2 unspecified atom stereocenters. The number of carbonyl (C=O) groups excluding carboxylic acids is 2. The molecule has 0 saturated carbocycles. The molecular weight excluding hydrogens is 262 g/mol. The topological polar surface area (TPSA) is 98.7 Å². The number of hydrogen-bond donors (Lipinski definition) is 3. The fourth-order valence-corrected chi connectivity index (χ4v) is 1.95. The molecule has 0 radical (unpaired) electrons. The molecule has 7 nitrogen and oxygen atoms in total. The van der Waals surface area contributed by atoms with E-state index in [-0.39, 0.29) is 18.5 Å². The third-order valence-electron chi connectivity index (χ3n) is 3.24. The van der Waals surface area contributed by atoms with E-state index in [1.165, 1.54) is 4.90 Å². The number of urea groups is 1. The van der Waals surface area contributed by atoms with E-state index in [0.29, 0.717) is 25.4 Å². The molecule has 0 aliphatic carbocycles. The highest BCUT2D eigenvalue weighted by Gasteiger charge is 2.31. The van der Waals surface area contributed by atoms with Crippen molar-refractivity contribution < 1.29 is 19.5 Å². The molecule has 0 aromatic rings. The van der Waals surface area contributed by atoms with Crippen molar-refractivity contribution in [2.45, 2.75) is 33.2 Å². The first-order valence-corrected chi connectivity index (χ1v) is 6.87. The van der Waals surface area contributed by atoms with Crippen molar-refractivity contribution in [1.29, 1.82) is 0 Å². The van der Waals surface area contributed by atoms with Crippen LogP contribution in [0.2, 0.25) is 0 Å². The van der Waals surface area contributed by atoms with Gasteiger partial charge in [0, 0.05) is 19.6 Å². The molecule has 114 valence electrons. The van der Waals surface area contributed by atoms with E-state index < -0.39 is 17.9 Å². The average molecular weight is 285 g/mol. The smallest absolute Gasteiger partial charge is 0.318 e. The molecule has 20 heavy (non-hydrogen) atoms. The predicted molar refractivity (Wildman–Crippen MR) is 73.2 cm³/mol. The predicted octanol–water partition coefficient (Wildman–Crippen LogP) is 0.263. The van der Waals surface area contributed by atoms with Crippen molar-refractivity contribution in [2.75, 3.05) is 19.6 Å². The Labute approximate surface area is 118 Å². The van der Waals surface area contributed by atoms with Gasteiger partial charge in [-0.3, -0.25) is 9.59 Å². The minimum atomic E-state index is -0.886. The molecule has 1 fully saturated rings. The number of hydrogen-bond acceptors (Lipinski definition) is 3. The van der Waals surface area contributed by atoms with Crippen LogP contribution < -0.4 is 10.6 Å². The number of nitrogens with one attached hydrogen (secondary N) is 2. The molecule has 1 aliphatic rings. The van der Waals surface area contributed by atoms with Crippen LogP contribution >= 0.6 is 0 Å². The number of carboxylic acid groups (broad SMARTS) is 1. The van der Waals surface area contributed by atoms with Crippen LogP contribution in [0.25, 0.3) is 0 Å². The first kappa shape index (κ1) is 16.3. The number of likely N-dealkylation sites (tertiary alicyclic amines) is 1. The van der Waals surface area contributed by atoms with Gasteiger partial charge in [0.05, 0.1) is 5.92 Å². The second-order valence-corrected chi connectivity index (χ2v) is 5.58. The highest BCUT2D eigenvalue weighted by molar-refractivity contribution is 5.87. The molecule has 7 heteroatoms. The van der Waals surface area contributed by atoms with Gasteiger partial charge in [-0.2, -0.15) is 0 Å². The summed E-state index contributed by atoms with van der Waals surface area (Å²) in [7, 11) is 0. The standard InChI is InChI=1S/C13H23N3O4/c1-8(2)6-14-11(17)9(3)15-13(20)16-5-4-10(7-16)12(18)19/h8-10H,4-7H2,1-3H3,(H,14,17)(H,15,20)(H,18,19). The number of aliphatic carboxylic acids is 1. The lowest BCUT2D eigenvalue weighted by Gasteiger charge is -2.20. The van der Waals surface area contributed by atoms with Crippen LogP contribution in [0.5, 0.6) is 0 Å². The lowest BCUT2D eigenvalue weighted by molar-refractivity contribution is -0.141. The van der Waals surface area contributed by atoms with Crippen LogP contribution in [0, 0.1) is 11.8 Å². The lowest BCUT2D eigenvalue weighted by atomic mass is 10.1. The van der Waals surface area contributed by atoms with Gasteiger partial charge in [0.1, 0.15) is 6.04 Å². The first-order valence-electron chi connectivity index (χ1n) is 6.87. The lowest BCUT2D eigenvalue weighted by Crippen LogP contribution is -2.49. The van der Waals surface area contributed by atoms with E-state index in [1.54, 1.807) is 6.92 Å². The Bertz CT molecular complexity index is 384. The maximum atomic E-state index is 11.9. The molecule has 1 heterocycles. The molecule has 0 aromatic carbocycles. The molecule has 3 N–H and O–H groups in total. The number of carbonyl (C=O) groups is 3. The molecule has 3 amide bonds. The van der Waals surface area contributed by atoms with Gasteiger partial charge in [-0.25, -0.2) is 4.79 Å². The third-order valence-corrected chi connectivity index (χ3v) is 3.24. The van der Waals surface area contributed by atoms with E-state index in [4.69, 9.17) is 5.11 Å². The van der Waals surface area contributed by atoms with E-state index >= 15 is 0 Å². The van der Waals surface area contributed by atoms with Gasteiger partial charge in [-0.1, -0.05) is 13.8 Å². The third kappa shape index (κ3) is 4.71. The van der Waals surface area contributed by atoms with Crippen LogP contribution in [0.3, 0.4) is 0 Å². The van der Waals surface area contributed by atoms with Crippen molar-refractivity contribution in [2.24, 2.45) is 11.8 Å². The summed E-state index contributed by atoms with van der Waals surface area (Å²) < 4.78 is 0. The van der Waals surface area contributed by atoms with Crippen molar-refractivity contribution >= 4 is 17.9 Å². The summed E-state index contributed by atoms with van der Waals surface area (Å²) in [6.07, 6.45) is 0.455. The van der Waals surface area contributed by atoms with Crippen LogP contribution in [0.4, 0.5) is 4.79 Å². The maximum absolute atomic E-state index is 11.9. The van der Waals surface area contributed by atoms with Gasteiger partial charge in [0.25, 0.3) is 0 Å². The monoisotopic (exact) mass is 285 g/mol. The summed E-state index contributed by atoms with van der Waals surface area (Å²) in [5.74, 6) is -1.29. The molecule has 1 aliphatic heterocycles. The normalized spacial score (nSPS) is 19.8. The van der Waals surface area contributed by atoms with Gasteiger partial charge < -0.3 is 20.6 Å². The van der Waals surface area contributed by atoms with Crippen LogP contribution in [0.15, 0.2) is 0 Å². The summed E-state index contributed by atoms with van der Waals surface area (Å²) in [6.45, 7) is 6.74. The van der Waals surface area contributed by atoms with Gasteiger partial charge in [-0.15, -0.1) is 0 Å². The number of nitrogens with zero attached hydrogens (tertiary/aromatic N) is 1. The fourth-order valence-electron chi connectivity index (χ4n) is 1.95. The van der Waals surface area contributed by atoms with Gasteiger partial charge >= 0.3 is 12.0 Å². The summed E-state index contributed by atoms with van der Waals surface area (Å²) >= 11 is 0. The highest BCUT2D eigenvalue weighted by atomic mass is 16.4. The molecule has 1 saturated heterocycles. The quantitative estimate of drug-likeness (QED) is 0.675. The van der Waals surface area contributed by atoms with Gasteiger partial charge in [0.2, 0.25) is 5.91 Å². The zero-order chi connectivity index (χ0) is 15.3. The highest BCUT2D eigenvalue weighted by Crippen LogP contribution is 2.16. The Morgan fingerprint density at radius 1 is 1.30 bits per heavy atom. The first-order chi connectivity index (χ1) is 9.31. The van der Waals surface area contributed by atoms with Crippen molar-refractivity contribution in [3.05, 3.63) is 0 Å². The van der Waals surface area contributed by atoms with E-state index in [2.05, 4.69) is 10.6 Å². The molecular formula is C13H23N3O4. The Hall–Kier alpha value is -1.79. The van der Waals surface area contributed by atoms with Crippen molar-refractivity contribution in [3.8, 4) is 0 Å². The minimum Gasteiger partial charge on any atom is -0.481 e. The van der Waals surface area contributed by atoms with Crippen LogP contribution in [-0.2, 0) is 9.59 Å². The van der Waals surface area contributed by atoms with Crippen molar-refractivity contribution in [3.63, 3.8) is 0 Å². The maximum Gasteiger partial charge on any atom is 0.318 e. The zero-order valence-electron chi connectivity index (χ0n) is 12.2. The second-order valence-electron chi connectivity index (χ2n) is 5.58. The summed E-state index contributed by atoms with van der Waals surface area (Å²) in [6, 6.07) is -1.02.